The number of aliphatic hydroxyl groups is 3. The summed E-state index contributed by atoms with van der Waals surface area (Å²) in [5, 5.41) is 31.2. The van der Waals surface area contributed by atoms with Crippen LogP contribution in [-0.2, 0) is 11.3 Å². The van der Waals surface area contributed by atoms with Gasteiger partial charge < -0.3 is 20.1 Å². The predicted molar refractivity (Wildman–Crippen MR) is 163 cm³/mol. The summed E-state index contributed by atoms with van der Waals surface area (Å²) in [6.07, 6.45) is -5.66. The van der Waals surface area contributed by atoms with Crippen LogP contribution in [0.15, 0.2) is 97.4 Å². The molecule has 0 saturated carbocycles. The normalized spacial score (nSPS) is 20.3. The Morgan fingerprint density at radius 3 is 1.90 bits per heavy atom. The van der Waals surface area contributed by atoms with Gasteiger partial charge in [-0.15, -0.1) is 0 Å². The summed E-state index contributed by atoms with van der Waals surface area (Å²) >= 11 is 6.89. The van der Waals surface area contributed by atoms with E-state index in [2.05, 4.69) is 31.9 Å². The van der Waals surface area contributed by atoms with Crippen molar-refractivity contribution >= 4 is 43.0 Å². The zero-order valence-electron chi connectivity index (χ0n) is 21.8. The molecule has 0 aliphatic carbocycles. The largest absolute Gasteiger partial charge is 0.394 e. The van der Waals surface area contributed by atoms with E-state index in [-0.39, 0.29) is 17.7 Å². The smallest absolute Gasteiger partial charge is 0.335 e. The third-order valence-corrected chi connectivity index (χ3v) is 8.24. The highest BCUT2D eigenvalue weighted by Crippen LogP contribution is 2.34. The molecule has 1 fully saturated rings. The Kier molecular flexibility index (Phi) is 7.92. The van der Waals surface area contributed by atoms with Crippen molar-refractivity contribution < 1.29 is 20.1 Å². The molecule has 214 valence electrons. The molecule has 1 aliphatic heterocycles. The first-order chi connectivity index (χ1) is 20.3. The summed E-state index contributed by atoms with van der Waals surface area (Å²) in [4.78, 5) is 37.6. The average Bonchev–Trinajstić information content (AvgIpc) is 3.29. The van der Waals surface area contributed by atoms with Gasteiger partial charge in [0.1, 0.15) is 18.3 Å². The number of fused-ring (bicyclic) bond motifs is 1. The van der Waals surface area contributed by atoms with Gasteiger partial charge in [-0.3, -0.25) is 9.36 Å². The molecule has 12 heteroatoms. The molecular formula is C30H24Br2N4O6. The summed E-state index contributed by atoms with van der Waals surface area (Å²) in [6.45, 7) is -0.665. The molecule has 3 heterocycles. The average molecular weight is 696 g/mol. The van der Waals surface area contributed by atoms with Crippen molar-refractivity contribution in [2.45, 2.75) is 31.1 Å². The lowest BCUT2D eigenvalue weighted by Crippen LogP contribution is -2.44. The maximum Gasteiger partial charge on any atom is 0.335 e. The zero-order chi connectivity index (χ0) is 29.5. The van der Waals surface area contributed by atoms with Gasteiger partial charge in [-0.2, -0.15) is 0 Å². The molecule has 1 saturated heterocycles. The molecule has 5 aromatic rings. The summed E-state index contributed by atoms with van der Waals surface area (Å²) < 4.78 is 9.51. The molecule has 2 aromatic heterocycles. The Morgan fingerprint density at radius 1 is 0.786 bits per heavy atom. The van der Waals surface area contributed by atoms with Crippen LogP contribution in [0, 0.1) is 0 Å². The number of nitrogens with zero attached hydrogens (tertiary/aromatic N) is 4. The quantitative estimate of drug-likeness (QED) is 0.246. The molecule has 0 radical (unpaired) electrons. The maximum atomic E-state index is 14.0. The van der Waals surface area contributed by atoms with Gasteiger partial charge in [-0.25, -0.2) is 19.3 Å². The van der Waals surface area contributed by atoms with E-state index in [0.717, 1.165) is 18.1 Å². The molecule has 4 atom stereocenters. The second kappa shape index (κ2) is 11.6. The molecule has 0 unspecified atom stereocenters. The van der Waals surface area contributed by atoms with Gasteiger partial charge >= 0.3 is 5.69 Å². The minimum atomic E-state index is -1.59. The number of hydrogen-bond donors (Lipinski definition) is 3. The summed E-state index contributed by atoms with van der Waals surface area (Å²) in [7, 11) is 0. The summed E-state index contributed by atoms with van der Waals surface area (Å²) in [5.41, 5.74) is 1.11. The van der Waals surface area contributed by atoms with Crippen molar-refractivity contribution in [1.82, 2.24) is 19.1 Å². The lowest BCUT2D eigenvalue weighted by molar-refractivity contribution is -0.0535. The molecule has 3 aromatic carbocycles. The van der Waals surface area contributed by atoms with Gasteiger partial charge in [0.05, 0.1) is 24.5 Å². The van der Waals surface area contributed by atoms with E-state index in [0.29, 0.717) is 28.1 Å². The second-order valence-corrected chi connectivity index (χ2v) is 11.7. The Balaban J connectivity index is 1.69. The molecule has 0 amide bonds. The second-order valence-electron chi connectivity index (χ2n) is 9.87. The van der Waals surface area contributed by atoms with Crippen LogP contribution in [0.3, 0.4) is 0 Å². The third kappa shape index (κ3) is 5.14. The topological polar surface area (TPSA) is 140 Å². The Bertz CT molecular complexity index is 1880. The fraction of sp³-hybridized carbons (Fsp3) is 0.200. The van der Waals surface area contributed by atoms with Crippen LogP contribution >= 0.6 is 31.9 Å². The van der Waals surface area contributed by atoms with Crippen LogP contribution in [0.4, 0.5) is 0 Å². The lowest BCUT2D eigenvalue weighted by Gasteiger charge is -2.22. The van der Waals surface area contributed by atoms with Crippen LogP contribution in [0.25, 0.3) is 33.7 Å². The van der Waals surface area contributed by atoms with Crippen molar-refractivity contribution in [3.05, 3.63) is 114 Å². The van der Waals surface area contributed by atoms with E-state index in [1.165, 1.54) is 0 Å². The number of ether oxygens (including phenoxy) is 1. The van der Waals surface area contributed by atoms with Gasteiger partial charge in [-0.05, 0) is 29.8 Å². The van der Waals surface area contributed by atoms with Crippen LogP contribution in [-0.4, -0.2) is 59.3 Å². The maximum absolute atomic E-state index is 14.0. The molecule has 0 spiro atoms. The fourth-order valence-electron chi connectivity index (χ4n) is 5.02. The van der Waals surface area contributed by atoms with Crippen molar-refractivity contribution in [3.8, 4) is 22.5 Å². The van der Waals surface area contributed by atoms with Gasteiger partial charge in [0.15, 0.2) is 17.4 Å². The highest BCUT2D eigenvalue weighted by molar-refractivity contribution is 9.10. The molecule has 1 aliphatic rings. The van der Waals surface area contributed by atoms with Crippen molar-refractivity contribution in [3.63, 3.8) is 0 Å². The minimum absolute atomic E-state index is 0.0764. The van der Waals surface area contributed by atoms with Crippen LogP contribution in [0.2, 0.25) is 0 Å². The van der Waals surface area contributed by atoms with Gasteiger partial charge in [0.25, 0.3) is 5.56 Å². The predicted octanol–water partition coefficient (Wildman–Crippen LogP) is 3.47. The van der Waals surface area contributed by atoms with Crippen LogP contribution in [0.1, 0.15) is 11.8 Å². The number of hydrogen-bond acceptors (Lipinski definition) is 8. The number of benzene rings is 3. The van der Waals surface area contributed by atoms with Crippen molar-refractivity contribution in [2.75, 3.05) is 6.61 Å². The number of rotatable bonds is 6. The fourth-order valence-corrected chi connectivity index (χ4v) is 5.55. The van der Waals surface area contributed by atoms with E-state index in [4.69, 9.17) is 14.7 Å². The van der Waals surface area contributed by atoms with Crippen LogP contribution in [0.5, 0.6) is 0 Å². The SMILES string of the molecule is O=c1c2nc(-c3ccc(Br)cc3)c(-c3ccc(Br)cc3)nc2n([C@@H]2O[C@H](CO)[C@@H](O)[C@H]2O)c(=O)n1Cc1ccccc1. The van der Waals surface area contributed by atoms with Gasteiger partial charge in [-0.1, -0.05) is 86.5 Å². The summed E-state index contributed by atoms with van der Waals surface area (Å²) in [5.74, 6) is 0. The molecule has 3 N–H and O–H groups in total. The summed E-state index contributed by atoms with van der Waals surface area (Å²) in [6, 6.07) is 23.7. The molecular weight excluding hydrogens is 672 g/mol. The van der Waals surface area contributed by atoms with E-state index in [1.54, 1.807) is 24.3 Å². The molecule has 42 heavy (non-hydrogen) atoms. The molecule has 6 rings (SSSR count). The van der Waals surface area contributed by atoms with E-state index >= 15 is 0 Å². The monoisotopic (exact) mass is 694 g/mol. The number of halogens is 2. The van der Waals surface area contributed by atoms with Crippen molar-refractivity contribution in [1.29, 1.82) is 0 Å². The first kappa shape index (κ1) is 28.6. The standard InChI is InChI=1S/C30H24Br2N4O6/c31-19-10-6-17(7-11-19)22-23(18-8-12-20(32)13-9-18)34-27-24(33-22)28(40)35(14-16-4-2-1-3-5-16)30(41)36(27)29-26(39)25(38)21(15-37)42-29/h1-13,21,25-26,29,37-39H,14-15H2/t21-,25-,26-,29-/m1/s1. The van der Waals surface area contributed by atoms with Crippen LogP contribution < -0.4 is 11.2 Å². The first-order valence-corrected chi connectivity index (χ1v) is 14.6. The third-order valence-electron chi connectivity index (χ3n) is 7.18. The first-order valence-electron chi connectivity index (χ1n) is 13.0. The Hall–Kier alpha value is -3.52. The van der Waals surface area contributed by atoms with E-state index in [1.807, 2.05) is 54.6 Å². The Labute approximate surface area is 255 Å². The van der Waals surface area contributed by atoms with Crippen molar-refractivity contribution in [2.24, 2.45) is 0 Å². The number of aliphatic hydroxyl groups excluding tert-OH is 3. The molecule has 10 nitrogen and oxygen atoms in total. The lowest BCUT2D eigenvalue weighted by atomic mass is 10.0. The van der Waals surface area contributed by atoms with Gasteiger partial charge in [0, 0.05) is 20.1 Å². The van der Waals surface area contributed by atoms with Gasteiger partial charge in [0.2, 0.25) is 0 Å². The van der Waals surface area contributed by atoms with E-state index in [9.17, 15) is 24.9 Å². The highest BCUT2D eigenvalue weighted by Gasteiger charge is 2.45. The zero-order valence-corrected chi connectivity index (χ0v) is 25.0. The molecule has 0 bridgehead atoms. The minimum Gasteiger partial charge on any atom is -0.394 e. The van der Waals surface area contributed by atoms with E-state index < -0.39 is 42.4 Å². The Morgan fingerprint density at radius 2 is 1.36 bits per heavy atom. The highest BCUT2D eigenvalue weighted by atomic mass is 79.9. The number of aromatic nitrogens is 4.